The van der Waals surface area contributed by atoms with Gasteiger partial charge in [0, 0.05) is 6.42 Å². The summed E-state index contributed by atoms with van der Waals surface area (Å²) in [5.74, 6) is -0.712. The van der Waals surface area contributed by atoms with Crippen molar-refractivity contribution in [3.8, 4) is 0 Å². The minimum Gasteiger partial charge on any atom is -0.519 e. The molecule has 0 fully saturated rings. The van der Waals surface area contributed by atoms with Gasteiger partial charge in [0.15, 0.2) is 0 Å². The maximum atomic E-state index is 10.9. The van der Waals surface area contributed by atoms with Crippen LogP contribution in [0, 0.1) is 0 Å². The van der Waals surface area contributed by atoms with Crippen molar-refractivity contribution in [1.29, 1.82) is 0 Å². The van der Waals surface area contributed by atoms with Crippen molar-refractivity contribution in [2.24, 2.45) is 0 Å². The average Bonchev–Trinajstić information content (AvgIpc) is 1.80. The van der Waals surface area contributed by atoms with Crippen LogP contribution in [0.4, 0.5) is 0 Å². The molecular weight excluding hydrogens is 211 g/mol. The molecule has 7 heteroatoms. The molecule has 0 unspecified atom stereocenters. The lowest BCUT2D eigenvalue weighted by Crippen LogP contribution is -2.37. The van der Waals surface area contributed by atoms with E-state index < -0.39 is 21.9 Å². The Hall–Kier alpha value is -0.163. The van der Waals surface area contributed by atoms with Gasteiger partial charge in [0.05, 0.1) is 5.79 Å². The minimum absolute atomic E-state index is 0.234. The van der Waals surface area contributed by atoms with Crippen LogP contribution in [0.2, 0.25) is 13.1 Å². The number of carbonyl (C=O) groups is 1. The molecule has 0 saturated heterocycles. The SMILES string of the molecule is CCC(=O)O[Si](C)(C)CP(=O)(O)O. The third-order valence-electron chi connectivity index (χ3n) is 1.27. The Morgan fingerprint density at radius 3 is 2.23 bits per heavy atom. The zero-order valence-corrected chi connectivity index (χ0v) is 9.88. The minimum atomic E-state index is -4.07. The Morgan fingerprint density at radius 2 is 1.92 bits per heavy atom. The van der Waals surface area contributed by atoms with Gasteiger partial charge in [0.25, 0.3) is 14.3 Å². The molecule has 0 aliphatic heterocycles. The van der Waals surface area contributed by atoms with Gasteiger partial charge in [0.2, 0.25) is 0 Å². The molecule has 0 bridgehead atoms. The Balaban J connectivity index is 4.24. The third kappa shape index (κ3) is 6.95. The van der Waals surface area contributed by atoms with Crippen LogP contribution >= 0.6 is 7.60 Å². The number of hydrogen-bond donors (Lipinski definition) is 2. The summed E-state index contributed by atoms with van der Waals surface area (Å²) in [4.78, 5) is 28.3. The summed E-state index contributed by atoms with van der Waals surface area (Å²) < 4.78 is 15.6. The molecule has 13 heavy (non-hydrogen) atoms. The maximum Gasteiger partial charge on any atom is 0.326 e. The Morgan fingerprint density at radius 1 is 1.46 bits per heavy atom. The van der Waals surface area contributed by atoms with Crippen LogP contribution in [0.1, 0.15) is 13.3 Å². The lowest BCUT2D eigenvalue weighted by atomic mass is 10.5. The van der Waals surface area contributed by atoms with E-state index in [0.717, 1.165) is 0 Å². The van der Waals surface area contributed by atoms with Crippen LogP contribution in [0.15, 0.2) is 0 Å². The second-order valence-electron chi connectivity index (χ2n) is 3.41. The summed E-state index contributed by atoms with van der Waals surface area (Å²) in [6.07, 6.45) is 0.234. The monoisotopic (exact) mass is 226 g/mol. The molecule has 78 valence electrons. The van der Waals surface area contributed by atoms with E-state index in [-0.39, 0.29) is 12.2 Å². The third-order valence-corrected chi connectivity index (χ3v) is 6.74. The lowest BCUT2D eigenvalue weighted by molar-refractivity contribution is -0.134. The van der Waals surface area contributed by atoms with Crippen LogP contribution in [-0.4, -0.2) is 29.9 Å². The molecule has 0 aromatic heterocycles. The first kappa shape index (κ1) is 12.8. The standard InChI is InChI=1S/C6H15O5PSi/c1-4-6(7)11-13(2,3)5-12(8,9)10/h4-5H2,1-3H3,(H2,8,9,10). The van der Waals surface area contributed by atoms with Crippen molar-refractivity contribution in [3.05, 3.63) is 0 Å². The predicted molar refractivity (Wildman–Crippen MR) is 50.8 cm³/mol. The number of carbonyl (C=O) groups excluding carboxylic acids is 1. The second-order valence-corrected chi connectivity index (χ2v) is 9.73. The molecule has 0 heterocycles. The van der Waals surface area contributed by atoms with Crippen LogP contribution in [0.25, 0.3) is 0 Å². The van der Waals surface area contributed by atoms with E-state index >= 15 is 0 Å². The van der Waals surface area contributed by atoms with Crippen molar-refractivity contribution < 1.29 is 23.6 Å². The molecule has 0 radical (unpaired) electrons. The van der Waals surface area contributed by atoms with Crippen molar-refractivity contribution in [2.45, 2.75) is 26.4 Å². The molecule has 0 rings (SSSR count). The highest BCUT2D eigenvalue weighted by Gasteiger charge is 2.34. The summed E-state index contributed by atoms with van der Waals surface area (Å²) >= 11 is 0. The molecule has 0 aliphatic carbocycles. The molecule has 2 N–H and O–H groups in total. The van der Waals surface area contributed by atoms with Crippen molar-refractivity contribution in [2.75, 3.05) is 5.79 Å². The highest BCUT2D eigenvalue weighted by atomic mass is 31.2. The maximum absolute atomic E-state index is 10.9. The highest BCUT2D eigenvalue weighted by molar-refractivity contribution is 7.54. The molecule has 5 nitrogen and oxygen atoms in total. The van der Waals surface area contributed by atoms with E-state index in [9.17, 15) is 9.36 Å². The van der Waals surface area contributed by atoms with Gasteiger partial charge in [-0.2, -0.15) is 0 Å². The van der Waals surface area contributed by atoms with Gasteiger partial charge >= 0.3 is 7.60 Å². The van der Waals surface area contributed by atoms with Gasteiger partial charge in [-0.3, -0.25) is 9.36 Å². The van der Waals surface area contributed by atoms with Crippen molar-refractivity contribution >= 4 is 21.9 Å². The molecule has 0 aromatic rings. The fourth-order valence-corrected chi connectivity index (χ4v) is 5.90. The summed E-state index contributed by atoms with van der Waals surface area (Å²) in [5.41, 5.74) is 0. The first-order valence-electron chi connectivity index (χ1n) is 3.93. The normalized spacial score (nSPS) is 12.7. The molecular formula is C6H15O5PSi. The molecule has 0 amide bonds. The summed E-state index contributed by atoms with van der Waals surface area (Å²) in [7, 11) is -6.60. The van der Waals surface area contributed by atoms with E-state index in [0.29, 0.717) is 0 Å². The van der Waals surface area contributed by atoms with E-state index in [1.165, 1.54) is 0 Å². The van der Waals surface area contributed by atoms with Gasteiger partial charge < -0.3 is 14.2 Å². The van der Waals surface area contributed by atoms with E-state index in [1.807, 2.05) is 0 Å². The summed E-state index contributed by atoms with van der Waals surface area (Å²) in [5, 5.41) is 0. The highest BCUT2D eigenvalue weighted by Crippen LogP contribution is 2.37. The van der Waals surface area contributed by atoms with Crippen LogP contribution in [-0.2, 0) is 13.8 Å². The second kappa shape index (κ2) is 4.37. The fourth-order valence-electron chi connectivity index (χ4n) is 0.909. The number of hydrogen-bond acceptors (Lipinski definition) is 3. The molecule has 0 aromatic carbocycles. The quantitative estimate of drug-likeness (QED) is 0.548. The zero-order chi connectivity index (χ0) is 10.7. The average molecular weight is 226 g/mol. The Labute approximate surface area is 78.4 Å². The van der Waals surface area contributed by atoms with E-state index in [2.05, 4.69) is 0 Å². The van der Waals surface area contributed by atoms with Gasteiger partial charge in [-0.05, 0) is 13.1 Å². The van der Waals surface area contributed by atoms with Gasteiger partial charge in [0.1, 0.15) is 0 Å². The van der Waals surface area contributed by atoms with Crippen LogP contribution in [0.3, 0.4) is 0 Å². The van der Waals surface area contributed by atoms with E-state index in [1.54, 1.807) is 20.0 Å². The van der Waals surface area contributed by atoms with Crippen molar-refractivity contribution in [1.82, 2.24) is 0 Å². The van der Waals surface area contributed by atoms with Crippen LogP contribution < -0.4 is 0 Å². The Bertz CT molecular complexity index is 233. The van der Waals surface area contributed by atoms with Gasteiger partial charge in [-0.1, -0.05) is 6.92 Å². The van der Waals surface area contributed by atoms with Crippen LogP contribution in [0.5, 0.6) is 0 Å². The molecule has 0 aliphatic rings. The lowest BCUT2D eigenvalue weighted by Gasteiger charge is -2.22. The molecule has 0 spiro atoms. The first-order valence-corrected chi connectivity index (χ1v) is 8.84. The van der Waals surface area contributed by atoms with Gasteiger partial charge in [-0.15, -0.1) is 0 Å². The first-order chi connectivity index (χ1) is 5.66. The smallest absolute Gasteiger partial charge is 0.326 e. The fraction of sp³-hybridized carbons (Fsp3) is 0.833. The zero-order valence-electron chi connectivity index (χ0n) is 7.98. The summed E-state index contributed by atoms with van der Waals surface area (Å²) in [6, 6.07) is 0. The van der Waals surface area contributed by atoms with Crippen molar-refractivity contribution in [3.63, 3.8) is 0 Å². The number of rotatable bonds is 4. The topological polar surface area (TPSA) is 83.8 Å². The van der Waals surface area contributed by atoms with Gasteiger partial charge in [-0.25, -0.2) is 0 Å². The molecule has 0 atom stereocenters. The molecule has 0 saturated carbocycles. The summed E-state index contributed by atoms with van der Waals surface area (Å²) in [6.45, 7) is 4.86. The largest absolute Gasteiger partial charge is 0.519 e. The Kier molecular flexibility index (Phi) is 4.31. The predicted octanol–water partition coefficient (Wildman–Crippen LogP) is 0.862. The van der Waals surface area contributed by atoms with E-state index in [4.69, 9.17) is 14.2 Å².